The van der Waals surface area contributed by atoms with E-state index in [0.717, 1.165) is 16.6 Å². The van der Waals surface area contributed by atoms with Crippen LogP contribution >= 0.6 is 23.1 Å². The van der Waals surface area contributed by atoms with E-state index in [0.29, 0.717) is 16.7 Å². The summed E-state index contributed by atoms with van der Waals surface area (Å²) in [5.74, 6) is 0.0180. The molecule has 4 nitrogen and oxygen atoms in total. The number of aliphatic imine (C=N–C) groups is 1. The van der Waals surface area contributed by atoms with Crippen LogP contribution in [-0.2, 0) is 17.6 Å². The third-order valence-corrected chi connectivity index (χ3v) is 6.12. The smallest absolute Gasteiger partial charge is 0.239 e. The lowest BCUT2D eigenvalue weighted by Crippen LogP contribution is -2.25. The van der Waals surface area contributed by atoms with Crippen molar-refractivity contribution in [3.8, 4) is 0 Å². The molecule has 1 saturated heterocycles. The Balaban J connectivity index is 1.49. The Bertz CT molecular complexity index is 914. The number of para-hydroxylation sites is 1. The zero-order valence-electron chi connectivity index (χ0n) is 13.7. The normalized spacial score (nSPS) is 18.8. The summed E-state index contributed by atoms with van der Waals surface area (Å²) in [6.45, 7) is 2.14. The van der Waals surface area contributed by atoms with Gasteiger partial charge in [0.15, 0.2) is 5.17 Å². The summed E-state index contributed by atoms with van der Waals surface area (Å²) in [5.41, 5.74) is 3.42. The molecule has 4 rings (SSSR count). The first kappa shape index (κ1) is 16.3. The molecule has 1 amide bonds. The number of hydrogen-bond acceptors (Lipinski definition) is 5. The number of rotatable bonds is 4. The molecule has 1 aliphatic rings. The molecular formula is C19H17N3OS2. The molecule has 2 heterocycles. The van der Waals surface area contributed by atoms with Gasteiger partial charge in [-0.1, -0.05) is 66.4 Å². The fraction of sp³-hybridized carbons (Fsp3) is 0.211. The van der Waals surface area contributed by atoms with Crippen molar-refractivity contribution < 1.29 is 4.79 Å². The first-order chi connectivity index (χ1) is 12.2. The molecule has 0 aliphatic carbocycles. The molecule has 3 aromatic rings. The predicted molar refractivity (Wildman–Crippen MR) is 106 cm³/mol. The van der Waals surface area contributed by atoms with Gasteiger partial charge in [0.1, 0.15) is 0 Å². The number of thiazole rings is 1. The van der Waals surface area contributed by atoms with Crippen molar-refractivity contribution in [2.75, 3.05) is 0 Å². The topological polar surface area (TPSA) is 54.4 Å². The minimum atomic E-state index is -0.138. The molecule has 1 atom stereocenters. The number of aryl methyl sites for hydroxylation is 1. The van der Waals surface area contributed by atoms with Gasteiger partial charge in [-0.05, 0) is 36.1 Å². The summed E-state index contributed by atoms with van der Waals surface area (Å²) >= 11 is 3.02. The maximum atomic E-state index is 12.2. The summed E-state index contributed by atoms with van der Waals surface area (Å²) in [6, 6.07) is 16.4. The number of hydrogen-bond donors (Lipinski definition) is 1. The summed E-state index contributed by atoms with van der Waals surface area (Å²) in [4.78, 5) is 21.3. The molecule has 25 heavy (non-hydrogen) atoms. The second-order valence-corrected chi connectivity index (χ2v) is 8.05. The van der Waals surface area contributed by atoms with Crippen molar-refractivity contribution in [3.05, 3.63) is 59.7 Å². The van der Waals surface area contributed by atoms with E-state index in [2.05, 4.69) is 46.5 Å². The highest BCUT2D eigenvalue weighted by Gasteiger charge is 2.30. The SMILES string of the molecule is CCc1ccc(CC2S/C(=N\c3nc4ccccc4s3)NC2=O)cc1. The highest BCUT2D eigenvalue weighted by atomic mass is 32.2. The molecule has 0 spiro atoms. The van der Waals surface area contributed by atoms with Crippen molar-refractivity contribution in [3.63, 3.8) is 0 Å². The van der Waals surface area contributed by atoms with Crippen molar-refractivity contribution in [2.24, 2.45) is 4.99 Å². The lowest BCUT2D eigenvalue weighted by molar-refractivity contribution is -0.118. The quantitative estimate of drug-likeness (QED) is 0.747. The summed E-state index contributed by atoms with van der Waals surface area (Å²) in [7, 11) is 0. The van der Waals surface area contributed by atoms with Crippen molar-refractivity contribution in [1.82, 2.24) is 10.3 Å². The van der Waals surface area contributed by atoms with Gasteiger partial charge in [0.25, 0.3) is 0 Å². The van der Waals surface area contributed by atoms with Crippen LogP contribution in [0, 0.1) is 0 Å². The molecule has 1 aliphatic heterocycles. The van der Waals surface area contributed by atoms with Gasteiger partial charge in [0.05, 0.1) is 15.5 Å². The number of fused-ring (bicyclic) bond motifs is 1. The van der Waals surface area contributed by atoms with Crippen LogP contribution in [0.3, 0.4) is 0 Å². The summed E-state index contributed by atoms with van der Waals surface area (Å²) < 4.78 is 1.10. The predicted octanol–water partition coefficient (Wildman–Crippen LogP) is 4.32. The Morgan fingerprint density at radius 2 is 1.88 bits per heavy atom. The van der Waals surface area contributed by atoms with E-state index in [1.54, 1.807) is 0 Å². The van der Waals surface area contributed by atoms with Crippen LogP contribution in [0.1, 0.15) is 18.1 Å². The van der Waals surface area contributed by atoms with E-state index >= 15 is 0 Å². The van der Waals surface area contributed by atoms with Gasteiger partial charge < -0.3 is 5.32 Å². The van der Waals surface area contributed by atoms with Gasteiger partial charge in [-0.3, -0.25) is 4.79 Å². The summed E-state index contributed by atoms with van der Waals surface area (Å²) in [6.07, 6.45) is 1.73. The molecule has 0 radical (unpaired) electrons. The van der Waals surface area contributed by atoms with E-state index in [-0.39, 0.29) is 11.2 Å². The molecule has 1 fully saturated rings. The molecule has 0 saturated carbocycles. The van der Waals surface area contributed by atoms with Crippen LogP contribution in [0.4, 0.5) is 5.13 Å². The first-order valence-electron chi connectivity index (χ1n) is 8.21. The minimum absolute atomic E-state index is 0.0180. The van der Waals surface area contributed by atoms with Gasteiger partial charge in [-0.25, -0.2) is 4.98 Å². The molecule has 2 aromatic carbocycles. The van der Waals surface area contributed by atoms with Crippen LogP contribution in [-0.4, -0.2) is 21.3 Å². The van der Waals surface area contributed by atoms with Gasteiger partial charge in [0.2, 0.25) is 11.0 Å². The molecule has 1 unspecified atom stereocenters. The Morgan fingerprint density at radius 3 is 2.64 bits per heavy atom. The molecule has 1 aromatic heterocycles. The zero-order valence-corrected chi connectivity index (χ0v) is 15.4. The maximum absolute atomic E-state index is 12.2. The van der Waals surface area contributed by atoms with Crippen molar-refractivity contribution >= 4 is 49.5 Å². The second-order valence-electron chi connectivity index (χ2n) is 5.85. The Kier molecular flexibility index (Phi) is 4.55. The number of nitrogens with zero attached hydrogens (tertiary/aromatic N) is 2. The van der Waals surface area contributed by atoms with Crippen LogP contribution in [0.15, 0.2) is 53.5 Å². The monoisotopic (exact) mass is 367 g/mol. The third-order valence-electron chi connectivity index (χ3n) is 4.11. The van der Waals surface area contributed by atoms with Crippen LogP contribution < -0.4 is 5.32 Å². The largest absolute Gasteiger partial charge is 0.304 e. The van der Waals surface area contributed by atoms with Gasteiger partial charge >= 0.3 is 0 Å². The molecule has 0 bridgehead atoms. The number of nitrogens with one attached hydrogen (secondary N) is 1. The second kappa shape index (κ2) is 6.98. The Labute approximate surface area is 154 Å². The van der Waals surface area contributed by atoms with Gasteiger partial charge in [0, 0.05) is 0 Å². The highest BCUT2D eigenvalue weighted by molar-refractivity contribution is 8.15. The van der Waals surface area contributed by atoms with Crippen molar-refractivity contribution in [1.29, 1.82) is 0 Å². The first-order valence-corrected chi connectivity index (χ1v) is 9.90. The van der Waals surface area contributed by atoms with Gasteiger partial charge in [-0.15, -0.1) is 0 Å². The highest BCUT2D eigenvalue weighted by Crippen LogP contribution is 2.31. The lowest BCUT2D eigenvalue weighted by Gasteiger charge is -2.06. The van der Waals surface area contributed by atoms with E-state index in [1.807, 2.05) is 24.3 Å². The lowest BCUT2D eigenvalue weighted by atomic mass is 10.1. The number of aromatic nitrogens is 1. The fourth-order valence-corrected chi connectivity index (χ4v) is 4.62. The van der Waals surface area contributed by atoms with Gasteiger partial charge in [-0.2, -0.15) is 4.99 Å². The number of carbonyl (C=O) groups is 1. The van der Waals surface area contributed by atoms with Crippen molar-refractivity contribution in [2.45, 2.75) is 25.0 Å². The van der Waals surface area contributed by atoms with E-state index in [9.17, 15) is 4.79 Å². The fourth-order valence-electron chi connectivity index (χ4n) is 2.71. The summed E-state index contributed by atoms with van der Waals surface area (Å²) in [5, 5.41) is 4.06. The Morgan fingerprint density at radius 1 is 1.12 bits per heavy atom. The number of amides is 1. The zero-order chi connectivity index (χ0) is 17.2. The van der Waals surface area contributed by atoms with E-state index < -0.39 is 0 Å². The van der Waals surface area contributed by atoms with Crippen LogP contribution in [0.2, 0.25) is 0 Å². The van der Waals surface area contributed by atoms with E-state index in [1.165, 1.54) is 34.2 Å². The average molecular weight is 367 g/mol. The third kappa shape index (κ3) is 3.60. The number of benzene rings is 2. The van der Waals surface area contributed by atoms with E-state index in [4.69, 9.17) is 0 Å². The molecule has 126 valence electrons. The Hall–Kier alpha value is -2.18. The van der Waals surface area contributed by atoms with Crippen LogP contribution in [0.5, 0.6) is 0 Å². The number of thioether (sulfide) groups is 1. The maximum Gasteiger partial charge on any atom is 0.239 e. The number of amidine groups is 1. The number of carbonyl (C=O) groups excluding carboxylic acids is 1. The average Bonchev–Trinajstić information content (AvgIpc) is 3.18. The standard InChI is InChI=1S/C19H17N3OS2/c1-2-12-7-9-13(10-8-12)11-16-17(23)21-19(25-16)22-18-20-14-5-3-4-6-15(14)24-18/h3-10,16H,2,11H2,1H3,(H,20,21,22,23). The minimum Gasteiger partial charge on any atom is -0.304 e. The molecule has 6 heteroatoms. The van der Waals surface area contributed by atoms with Crippen LogP contribution in [0.25, 0.3) is 10.2 Å². The molecular weight excluding hydrogens is 350 g/mol. The molecule has 1 N–H and O–H groups in total.